The molecular weight excluding hydrogens is 842 g/mol. The van der Waals surface area contributed by atoms with Crippen molar-refractivity contribution < 1.29 is 60.9 Å². The Morgan fingerprint density at radius 1 is 0.959 bits per heavy atom. The molecule has 0 radical (unpaired) electrons. The molecule has 2 aliphatic carbocycles. The average Bonchev–Trinajstić information content (AvgIpc) is 3.39. The molecule has 19 heteroatoms. The second-order valence-electron chi connectivity index (χ2n) is 11.8. The van der Waals surface area contributed by atoms with Gasteiger partial charge in [0, 0.05) is 16.9 Å². The van der Waals surface area contributed by atoms with Crippen LogP contribution in [0.5, 0.6) is 11.5 Å². The van der Waals surface area contributed by atoms with E-state index >= 15 is 8.78 Å². The zero-order valence-electron chi connectivity index (χ0n) is 24.4. The maximum absolute atomic E-state index is 15.2. The first-order chi connectivity index (χ1) is 22.9. The van der Waals surface area contributed by atoms with Gasteiger partial charge in [0.25, 0.3) is 11.8 Å². The summed E-state index contributed by atoms with van der Waals surface area (Å²) >= 11 is 20.7. The van der Waals surface area contributed by atoms with Crippen LogP contribution in [-0.2, 0) is 24.0 Å². The molecule has 4 aliphatic rings. The van der Waals surface area contributed by atoms with Crippen LogP contribution < -0.4 is 9.64 Å². The number of hydrogen-bond acceptors (Lipinski definition) is 7. The lowest BCUT2D eigenvalue weighted by Gasteiger charge is -2.51. The monoisotopic (exact) mass is 858 g/mol. The molecule has 1 saturated carbocycles. The Morgan fingerprint density at radius 3 is 2.12 bits per heavy atom. The highest BCUT2D eigenvalue weighted by Gasteiger charge is 2.77. The van der Waals surface area contributed by atoms with Gasteiger partial charge in [-0.1, -0.05) is 11.6 Å². The number of hydrogen-bond donors (Lipinski definition) is 2. The van der Waals surface area contributed by atoms with Gasteiger partial charge < -0.3 is 14.9 Å². The van der Waals surface area contributed by atoms with Gasteiger partial charge in [0.1, 0.15) is 5.69 Å². The molecule has 0 bridgehead atoms. The molecule has 10 nitrogen and oxygen atoms in total. The summed E-state index contributed by atoms with van der Waals surface area (Å²) in [6.07, 6.45) is 0.0209. The summed E-state index contributed by atoms with van der Waals surface area (Å²) in [6, 6.07) is 1.20. The van der Waals surface area contributed by atoms with Gasteiger partial charge in [-0.2, -0.15) is 0 Å². The summed E-state index contributed by atoms with van der Waals surface area (Å²) in [7, 11) is 1.18. The molecule has 0 aromatic heterocycles. The molecule has 49 heavy (non-hydrogen) atoms. The van der Waals surface area contributed by atoms with Crippen LogP contribution in [0.25, 0.3) is 0 Å². The van der Waals surface area contributed by atoms with E-state index in [0.717, 1.165) is 4.90 Å². The molecule has 260 valence electrons. The van der Waals surface area contributed by atoms with Crippen LogP contribution in [0.2, 0.25) is 0 Å². The molecule has 0 spiro atoms. The molecule has 2 aliphatic heterocycles. The van der Waals surface area contributed by atoms with Crippen LogP contribution in [0.3, 0.4) is 0 Å². The van der Waals surface area contributed by atoms with Gasteiger partial charge in [-0.05, 0) is 62.2 Å². The van der Waals surface area contributed by atoms with Gasteiger partial charge in [-0.15, -0.1) is 23.2 Å². The van der Waals surface area contributed by atoms with E-state index in [9.17, 15) is 42.3 Å². The number of amides is 4. The maximum atomic E-state index is 15.2. The third-order valence-electron chi connectivity index (χ3n) is 9.57. The van der Waals surface area contributed by atoms with Gasteiger partial charge in [-0.3, -0.25) is 28.9 Å². The molecule has 2 aromatic carbocycles. The van der Waals surface area contributed by atoms with Crippen LogP contribution in [0.4, 0.5) is 27.6 Å². The number of benzene rings is 2. The second kappa shape index (κ2) is 11.9. The van der Waals surface area contributed by atoms with E-state index in [1.165, 1.54) is 19.3 Å². The number of likely N-dealkylation sites (tertiary alicyclic amines) is 1. The number of allylic oxidation sites excluding steroid dienone is 2. The maximum Gasteiger partial charge on any atom is 0.305 e. The Balaban J connectivity index is 1.61. The zero-order chi connectivity index (χ0) is 36.2. The molecular formula is C30H19Br2Cl2F5N2O8. The zero-order valence-corrected chi connectivity index (χ0v) is 29.1. The fourth-order valence-corrected chi connectivity index (χ4v) is 9.27. The number of nitrogens with zero attached hydrogens (tertiary/aromatic N) is 2. The van der Waals surface area contributed by atoms with E-state index in [4.69, 9.17) is 33.0 Å². The van der Waals surface area contributed by atoms with E-state index in [0.29, 0.717) is 0 Å². The number of carboxylic acid groups (broad SMARTS) is 1. The van der Waals surface area contributed by atoms with Gasteiger partial charge >= 0.3 is 5.97 Å². The van der Waals surface area contributed by atoms with E-state index in [-0.39, 0.29) is 37.2 Å². The number of aliphatic carboxylic acids is 1. The van der Waals surface area contributed by atoms with Gasteiger partial charge in [0.2, 0.25) is 17.6 Å². The number of imide groups is 2. The number of carbonyl (C=O) groups excluding carboxylic acids is 4. The number of halogens is 9. The first-order valence-electron chi connectivity index (χ1n) is 14.2. The number of phenols is 1. The molecule has 2 N–H and O–H groups in total. The highest BCUT2D eigenvalue weighted by molar-refractivity contribution is 9.13. The Bertz CT molecular complexity index is 1940. The van der Waals surface area contributed by atoms with Crippen molar-refractivity contribution in [3.05, 3.63) is 61.3 Å². The van der Waals surface area contributed by atoms with Crippen molar-refractivity contribution in [1.82, 2.24) is 4.90 Å². The second-order valence-corrected chi connectivity index (χ2v) is 14.6. The normalized spacial score (nSPS) is 29.2. The Labute approximate surface area is 299 Å². The minimum absolute atomic E-state index is 0.00496. The van der Waals surface area contributed by atoms with E-state index in [1.54, 1.807) is 0 Å². The molecule has 0 unspecified atom stereocenters. The summed E-state index contributed by atoms with van der Waals surface area (Å²) in [4.78, 5) is 61.9. The number of phenolic OH excluding ortho intramolecular Hbond substituents is 1. The topological polar surface area (TPSA) is 142 Å². The van der Waals surface area contributed by atoms with Crippen molar-refractivity contribution in [3.8, 4) is 11.5 Å². The number of rotatable bonds is 6. The van der Waals surface area contributed by atoms with Crippen molar-refractivity contribution in [1.29, 1.82) is 0 Å². The summed E-state index contributed by atoms with van der Waals surface area (Å²) in [5.74, 6) is -24.5. The Morgan fingerprint density at radius 2 is 1.55 bits per heavy atom. The third kappa shape index (κ3) is 4.63. The van der Waals surface area contributed by atoms with Crippen molar-refractivity contribution >= 4 is 90.3 Å². The van der Waals surface area contributed by atoms with Crippen LogP contribution in [0.1, 0.15) is 30.7 Å². The van der Waals surface area contributed by atoms with E-state index in [2.05, 4.69) is 31.9 Å². The molecule has 6 rings (SSSR count). The summed E-state index contributed by atoms with van der Waals surface area (Å²) in [5.41, 5.74) is -1.81. The first kappa shape index (κ1) is 35.5. The number of alkyl halides is 2. The lowest BCUT2D eigenvalue weighted by molar-refractivity contribution is -0.142. The largest absolute Gasteiger partial charge is 0.503 e. The van der Waals surface area contributed by atoms with Crippen LogP contribution in [-0.4, -0.2) is 68.1 Å². The lowest BCUT2D eigenvalue weighted by Crippen LogP contribution is -2.60. The summed E-state index contributed by atoms with van der Waals surface area (Å²) in [5, 5.41) is 19.8. The minimum Gasteiger partial charge on any atom is -0.503 e. The van der Waals surface area contributed by atoms with Crippen molar-refractivity contribution in [2.24, 2.45) is 17.8 Å². The molecule has 2 saturated heterocycles. The number of carboxylic acids is 1. The quantitative estimate of drug-likeness (QED) is 0.0948. The fourth-order valence-electron chi connectivity index (χ4n) is 7.38. The predicted molar refractivity (Wildman–Crippen MR) is 165 cm³/mol. The number of carbonyl (C=O) groups is 5. The molecule has 2 aromatic rings. The average molecular weight is 861 g/mol. The first-order valence-corrected chi connectivity index (χ1v) is 16.5. The number of methoxy groups -OCH3 is 1. The molecule has 6 atom stereocenters. The number of aromatic hydroxyl groups is 1. The smallest absolute Gasteiger partial charge is 0.305 e. The summed E-state index contributed by atoms with van der Waals surface area (Å²) in [6.45, 7) is -0.476. The van der Waals surface area contributed by atoms with Gasteiger partial charge in [0.15, 0.2) is 44.5 Å². The molecule has 2 heterocycles. The Hall–Kier alpha value is -3.28. The van der Waals surface area contributed by atoms with Crippen molar-refractivity contribution in [3.63, 3.8) is 0 Å². The van der Waals surface area contributed by atoms with E-state index in [1.807, 2.05) is 0 Å². The number of ether oxygens (including phenoxy) is 1. The summed E-state index contributed by atoms with van der Waals surface area (Å²) < 4.78 is 78.4. The van der Waals surface area contributed by atoms with Crippen LogP contribution in [0, 0.1) is 46.8 Å². The van der Waals surface area contributed by atoms with E-state index < -0.39 is 123 Å². The minimum atomic E-state index is -2.81. The number of fused-ring (bicyclic) bond motifs is 4. The predicted octanol–water partition coefficient (Wildman–Crippen LogP) is 5.66. The molecule has 3 fully saturated rings. The lowest BCUT2D eigenvalue weighted by atomic mass is 9.56. The van der Waals surface area contributed by atoms with Crippen molar-refractivity contribution in [2.75, 3.05) is 18.6 Å². The fraction of sp³-hybridized carbons (Fsp3) is 0.367. The van der Waals surface area contributed by atoms with Gasteiger partial charge in [0.05, 0.1) is 29.8 Å². The molecule has 4 amide bonds. The SMILES string of the molecule is COc1cc([C@H]2C3=CC[C@@H]4C(=O)N(CCC(=O)O)C(=O)[C@@H]4[C@@H]3C[C@@]3(Cl)C(=O)N(c4c(F)c(F)c(F)c(F)c4F)C(=O)[C@@]23Cl)c(Br)c(Br)c1O. The Kier molecular flexibility index (Phi) is 8.64. The highest BCUT2D eigenvalue weighted by Crippen LogP contribution is 2.67. The van der Waals surface area contributed by atoms with Crippen molar-refractivity contribution in [2.45, 2.75) is 34.9 Å². The van der Waals surface area contributed by atoms with Crippen LogP contribution in [0.15, 0.2) is 26.7 Å². The van der Waals surface area contributed by atoms with Gasteiger partial charge in [-0.25, -0.2) is 26.9 Å². The third-order valence-corrected chi connectivity index (χ3v) is 13.1. The van der Waals surface area contributed by atoms with Crippen LogP contribution >= 0.6 is 55.1 Å². The number of anilines is 1. The standard InChI is InChI=1S/C30H19Br2Cl2F5N2O8/c1-49-12-6-10(16(31)17(32)24(12)44)15-8-2-3-9-14(26(46)40(25(9)45)5-4-13(42)43)11(8)7-29(33)27(47)41(28(48)30(15,29)34)23-21(38)19(36)18(35)20(37)22(23)39/h2,6,9,11,14-15,44H,3-5,7H2,1H3,(H,42,43)/t9-,11+,14-,15+,29+,30-/m0/s1. The highest BCUT2D eigenvalue weighted by atomic mass is 79.9.